The first kappa shape index (κ1) is 19.8. The van der Waals surface area contributed by atoms with Crippen molar-refractivity contribution >= 4 is 44.2 Å². The van der Waals surface area contributed by atoms with Crippen LogP contribution in [0.1, 0.15) is 30.5 Å². The van der Waals surface area contributed by atoms with Gasteiger partial charge in [-0.05, 0) is 73.7 Å². The fourth-order valence-corrected chi connectivity index (χ4v) is 5.17. The number of benzene rings is 2. The zero-order valence-electron chi connectivity index (χ0n) is 15.7. The number of anilines is 1. The maximum Gasteiger partial charge on any atom is 0.305 e. The Morgan fingerprint density at radius 2 is 1.83 bits per heavy atom. The summed E-state index contributed by atoms with van der Waals surface area (Å²) in [4.78, 5) is 11.2. The minimum Gasteiger partial charge on any atom is -0.481 e. The van der Waals surface area contributed by atoms with Crippen molar-refractivity contribution in [1.29, 1.82) is 0 Å². The van der Waals surface area contributed by atoms with Crippen LogP contribution in [-0.4, -0.2) is 24.1 Å². The largest absolute Gasteiger partial charge is 0.481 e. The lowest BCUT2D eigenvalue weighted by molar-refractivity contribution is -0.137. The van der Waals surface area contributed by atoms with Gasteiger partial charge >= 0.3 is 5.97 Å². The number of carbonyl (C=O) groups is 1. The summed E-state index contributed by atoms with van der Waals surface area (Å²) in [7, 11) is -3.73. The fourth-order valence-electron chi connectivity index (χ4n) is 3.99. The van der Waals surface area contributed by atoms with Crippen LogP contribution in [0.25, 0.3) is 10.9 Å². The molecule has 2 N–H and O–H groups in total. The van der Waals surface area contributed by atoms with E-state index in [4.69, 9.17) is 16.7 Å². The van der Waals surface area contributed by atoms with Crippen molar-refractivity contribution in [3.63, 3.8) is 0 Å². The number of rotatable bonds is 6. The summed E-state index contributed by atoms with van der Waals surface area (Å²) in [6.07, 6.45) is 4.04. The first-order valence-electron chi connectivity index (χ1n) is 9.49. The molecule has 0 atom stereocenters. The van der Waals surface area contributed by atoms with Crippen LogP contribution in [0.15, 0.2) is 47.4 Å². The van der Waals surface area contributed by atoms with Crippen molar-refractivity contribution < 1.29 is 18.3 Å². The average Bonchev–Trinajstić information content (AvgIpc) is 2.99. The summed E-state index contributed by atoms with van der Waals surface area (Å²) in [6, 6.07) is 11.5. The standard InChI is InChI=1S/C21H21ClN2O4S/c22-14-5-8-16(9-6-14)29(27,28)23-15-7-10-20-18(13-15)17-3-1-2-4-19(17)24(20)12-11-21(25)26/h5-10,13,23H,1-4,11-12H2,(H,25,26). The van der Waals surface area contributed by atoms with Gasteiger partial charge in [0.05, 0.1) is 11.3 Å². The number of halogens is 1. The molecule has 0 radical (unpaired) electrons. The highest BCUT2D eigenvalue weighted by molar-refractivity contribution is 7.92. The molecule has 0 fully saturated rings. The second-order valence-corrected chi connectivity index (χ2v) is 9.34. The molecule has 2 aromatic carbocycles. The van der Waals surface area contributed by atoms with E-state index in [0.29, 0.717) is 17.3 Å². The lowest BCUT2D eigenvalue weighted by Gasteiger charge is -2.15. The number of hydrogen-bond donors (Lipinski definition) is 2. The molecule has 1 aromatic heterocycles. The van der Waals surface area contributed by atoms with Gasteiger partial charge in [0.25, 0.3) is 10.0 Å². The molecule has 0 bridgehead atoms. The zero-order valence-corrected chi connectivity index (χ0v) is 17.3. The van der Waals surface area contributed by atoms with Crippen LogP contribution in [0.2, 0.25) is 5.02 Å². The van der Waals surface area contributed by atoms with E-state index < -0.39 is 16.0 Å². The predicted molar refractivity (Wildman–Crippen MR) is 113 cm³/mol. The van der Waals surface area contributed by atoms with E-state index in [2.05, 4.69) is 9.29 Å². The smallest absolute Gasteiger partial charge is 0.305 e. The summed E-state index contributed by atoms with van der Waals surface area (Å²) >= 11 is 5.85. The number of carboxylic acids is 1. The third-order valence-corrected chi connectivity index (χ3v) is 6.95. The van der Waals surface area contributed by atoms with Gasteiger partial charge in [-0.15, -0.1) is 0 Å². The number of fused-ring (bicyclic) bond motifs is 3. The molecule has 1 aliphatic rings. The Bertz CT molecular complexity index is 1180. The van der Waals surface area contributed by atoms with Gasteiger partial charge in [-0.1, -0.05) is 11.6 Å². The lowest BCUT2D eigenvalue weighted by atomic mass is 9.95. The first-order valence-corrected chi connectivity index (χ1v) is 11.4. The Kier molecular flexibility index (Phi) is 5.27. The van der Waals surface area contributed by atoms with Gasteiger partial charge in [-0.25, -0.2) is 8.42 Å². The molecule has 29 heavy (non-hydrogen) atoms. The Hall–Kier alpha value is -2.51. The second kappa shape index (κ2) is 7.72. The summed E-state index contributed by atoms with van der Waals surface area (Å²) in [5, 5.41) is 10.5. The summed E-state index contributed by atoms with van der Waals surface area (Å²) in [6.45, 7) is 0.414. The topological polar surface area (TPSA) is 88.4 Å². The minimum absolute atomic E-state index is 0.0567. The quantitative estimate of drug-likeness (QED) is 0.602. The molecule has 3 aromatic rings. The van der Waals surface area contributed by atoms with Crippen LogP contribution >= 0.6 is 11.6 Å². The van der Waals surface area contributed by atoms with Crippen LogP contribution in [0.5, 0.6) is 0 Å². The number of sulfonamides is 1. The molecule has 8 heteroatoms. The molecule has 0 aliphatic heterocycles. The number of hydrogen-bond acceptors (Lipinski definition) is 3. The molecule has 1 aliphatic carbocycles. The first-order chi connectivity index (χ1) is 13.8. The second-order valence-electron chi connectivity index (χ2n) is 7.22. The molecular formula is C21H21ClN2O4S. The molecular weight excluding hydrogens is 412 g/mol. The third-order valence-electron chi connectivity index (χ3n) is 5.30. The molecule has 0 saturated heterocycles. The molecule has 0 spiro atoms. The highest BCUT2D eigenvalue weighted by Crippen LogP contribution is 2.34. The highest BCUT2D eigenvalue weighted by Gasteiger charge is 2.21. The van der Waals surface area contributed by atoms with Gasteiger partial charge in [-0.3, -0.25) is 9.52 Å². The van der Waals surface area contributed by atoms with Crippen LogP contribution in [0, 0.1) is 0 Å². The number of carboxylic acid groups (broad SMARTS) is 1. The average molecular weight is 433 g/mol. The van der Waals surface area contributed by atoms with Gasteiger partial charge in [-0.2, -0.15) is 0 Å². The number of aliphatic carboxylic acids is 1. The van der Waals surface area contributed by atoms with Gasteiger partial charge < -0.3 is 9.67 Å². The van der Waals surface area contributed by atoms with Gasteiger partial charge in [0.15, 0.2) is 0 Å². The number of nitrogens with one attached hydrogen (secondary N) is 1. The Morgan fingerprint density at radius 1 is 1.10 bits per heavy atom. The van der Waals surface area contributed by atoms with Crippen molar-refractivity contribution in [3.05, 3.63) is 58.7 Å². The van der Waals surface area contributed by atoms with Crippen molar-refractivity contribution in [2.24, 2.45) is 0 Å². The summed E-state index contributed by atoms with van der Waals surface area (Å²) in [5.41, 5.74) is 3.80. The highest BCUT2D eigenvalue weighted by atomic mass is 35.5. The maximum atomic E-state index is 12.7. The van der Waals surface area contributed by atoms with E-state index in [0.717, 1.165) is 36.6 Å². The maximum absolute atomic E-state index is 12.7. The van der Waals surface area contributed by atoms with Crippen LogP contribution < -0.4 is 4.72 Å². The van der Waals surface area contributed by atoms with Crippen LogP contribution in [0.3, 0.4) is 0 Å². The fraction of sp³-hybridized carbons (Fsp3) is 0.286. The molecule has 1 heterocycles. The van der Waals surface area contributed by atoms with Gasteiger partial charge in [0, 0.05) is 33.9 Å². The van der Waals surface area contributed by atoms with E-state index in [1.54, 1.807) is 6.07 Å². The number of aryl methyl sites for hydroxylation is 2. The van der Waals surface area contributed by atoms with E-state index >= 15 is 0 Å². The molecule has 0 amide bonds. The Labute approximate surface area is 174 Å². The Balaban J connectivity index is 1.72. The lowest BCUT2D eigenvalue weighted by Crippen LogP contribution is -2.12. The van der Waals surface area contributed by atoms with Crippen molar-refractivity contribution in [2.75, 3.05) is 4.72 Å². The molecule has 6 nitrogen and oxygen atoms in total. The van der Waals surface area contributed by atoms with Crippen molar-refractivity contribution in [3.8, 4) is 0 Å². The zero-order chi connectivity index (χ0) is 20.6. The van der Waals surface area contributed by atoms with Gasteiger partial charge in [0.2, 0.25) is 0 Å². The number of aromatic nitrogens is 1. The van der Waals surface area contributed by atoms with E-state index in [1.807, 2.05) is 12.1 Å². The van der Waals surface area contributed by atoms with Crippen LogP contribution in [-0.2, 0) is 34.2 Å². The van der Waals surface area contributed by atoms with E-state index in [1.165, 1.54) is 35.5 Å². The SMILES string of the molecule is O=C(O)CCn1c2c(c3cc(NS(=O)(=O)c4ccc(Cl)cc4)ccc31)CCCC2. The monoisotopic (exact) mass is 432 g/mol. The molecule has 4 rings (SSSR count). The van der Waals surface area contributed by atoms with Crippen molar-refractivity contribution in [1.82, 2.24) is 4.57 Å². The molecule has 0 saturated carbocycles. The Morgan fingerprint density at radius 3 is 2.55 bits per heavy atom. The normalized spacial score (nSPS) is 14.0. The van der Waals surface area contributed by atoms with E-state index in [-0.39, 0.29) is 11.3 Å². The minimum atomic E-state index is -3.73. The summed E-state index contributed by atoms with van der Waals surface area (Å²) < 4.78 is 30.1. The van der Waals surface area contributed by atoms with Crippen LogP contribution in [0.4, 0.5) is 5.69 Å². The number of nitrogens with zero attached hydrogens (tertiary/aromatic N) is 1. The summed E-state index contributed by atoms with van der Waals surface area (Å²) in [5.74, 6) is -0.830. The van der Waals surface area contributed by atoms with E-state index in [9.17, 15) is 13.2 Å². The molecule has 152 valence electrons. The predicted octanol–water partition coefficient (Wildman–Crippen LogP) is 4.45. The van der Waals surface area contributed by atoms with Gasteiger partial charge in [0.1, 0.15) is 0 Å². The van der Waals surface area contributed by atoms with Crippen molar-refractivity contribution in [2.45, 2.75) is 43.5 Å². The third kappa shape index (κ3) is 3.97. The molecule has 0 unspecified atom stereocenters.